The van der Waals surface area contributed by atoms with Crippen LogP contribution < -0.4 is 0 Å². The molecule has 3 heteroatoms. The first-order valence-electron chi connectivity index (χ1n) is 5.48. The number of rotatable bonds is 1. The highest BCUT2D eigenvalue weighted by atomic mass is 16.3. The van der Waals surface area contributed by atoms with E-state index in [-0.39, 0.29) is 11.5 Å². The van der Waals surface area contributed by atoms with E-state index in [0.29, 0.717) is 6.04 Å². The van der Waals surface area contributed by atoms with Crippen LogP contribution in [0.15, 0.2) is 0 Å². The summed E-state index contributed by atoms with van der Waals surface area (Å²) in [6.07, 6.45) is 3.96. The van der Waals surface area contributed by atoms with Gasteiger partial charge < -0.3 is 5.11 Å². The Morgan fingerprint density at radius 3 is 2.79 bits per heavy atom. The average molecular weight is 194 g/mol. The highest BCUT2D eigenvalue weighted by Gasteiger charge is 2.40. The lowest BCUT2D eigenvalue weighted by Crippen LogP contribution is -2.39. The SMILES string of the molecule is CC1(C#N)CCN(C2CCCC2O)C1. The fraction of sp³-hybridized carbons (Fsp3) is 0.909. The van der Waals surface area contributed by atoms with Crippen molar-refractivity contribution in [2.45, 2.75) is 44.8 Å². The number of hydrogen-bond donors (Lipinski definition) is 1. The maximum absolute atomic E-state index is 9.77. The van der Waals surface area contributed by atoms with Crippen LogP contribution in [-0.4, -0.2) is 35.2 Å². The van der Waals surface area contributed by atoms with Gasteiger partial charge in [-0.25, -0.2) is 0 Å². The summed E-state index contributed by atoms with van der Waals surface area (Å²) in [7, 11) is 0. The molecule has 3 nitrogen and oxygen atoms in total. The second-order valence-electron chi connectivity index (χ2n) is 4.96. The molecule has 0 aromatic rings. The second-order valence-corrected chi connectivity index (χ2v) is 4.96. The van der Waals surface area contributed by atoms with Gasteiger partial charge in [0.2, 0.25) is 0 Å². The number of nitrogens with zero attached hydrogens (tertiary/aromatic N) is 2. The molecule has 1 aliphatic carbocycles. The van der Waals surface area contributed by atoms with Crippen molar-refractivity contribution in [1.29, 1.82) is 5.26 Å². The number of hydrogen-bond acceptors (Lipinski definition) is 3. The van der Waals surface area contributed by atoms with Crippen LogP contribution >= 0.6 is 0 Å². The molecule has 78 valence electrons. The molecule has 0 spiro atoms. The van der Waals surface area contributed by atoms with E-state index in [4.69, 9.17) is 5.26 Å². The lowest BCUT2D eigenvalue weighted by molar-refractivity contribution is 0.0814. The molecule has 14 heavy (non-hydrogen) atoms. The van der Waals surface area contributed by atoms with E-state index in [1.165, 1.54) is 0 Å². The minimum absolute atomic E-state index is 0.156. The van der Waals surface area contributed by atoms with E-state index in [2.05, 4.69) is 11.0 Å². The summed E-state index contributed by atoms with van der Waals surface area (Å²) in [6.45, 7) is 3.84. The Morgan fingerprint density at radius 2 is 2.29 bits per heavy atom. The highest BCUT2D eigenvalue weighted by molar-refractivity contribution is 5.04. The highest BCUT2D eigenvalue weighted by Crippen LogP contribution is 2.34. The van der Waals surface area contributed by atoms with Gasteiger partial charge in [-0.05, 0) is 32.6 Å². The van der Waals surface area contributed by atoms with Gasteiger partial charge in [-0.2, -0.15) is 5.26 Å². The Hall–Kier alpha value is -0.590. The maximum atomic E-state index is 9.77. The topological polar surface area (TPSA) is 47.3 Å². The molecular formula is C11H18N2O. The Labute approximate surface area is 85.3 Å². The summed E-state index contributed by atoms with van der Waals surface area (Å²) in [5.41, 5.74) is -0.178. The minimum atomic E-state index is -0.178. The molecule has 0 amide bonds. The molecule has 1 saturated carbocycles. The third-order valence-corrected chi connectivity index (χ3v) is 3.69. The Balaban J connectivity index is 1.99. The van der Waals surface area contributed by atoms with Gasteiger partial charge in [0.05, 0.1) is 17.6 Å². The van der Waals surface area contributed by atoms with Gasteiger partial charge in [-0.1, -0.05) is 0 Å². The molecule has 0 bridgehead atoms. The van der Waals surface area contributed by atoms with Gasteiger partial charge in [0.15, 0.2) is 0 Å². The van der Waals surface area contributed by atoms with Crippen molar-refractivity contribution in [3.05, 3.63) is 0 Å². The van der Waals surface area contributed by atoms with E-state index in [1.54, 1.807) is 0 Å². The van der Waals surface area contributed by atoms with Crippen molar-refractivity contribution < 1.29 is 5.11 Å². The largest absolute Gasteiger partial charge is 0.391 e. The summed E-state index contributed by atoms with van der Waals surface area (Å²) in [4.78, 5) is 2.31. The zero-order valence-electron chi connectivity index (χ0n) is 8.74. The minimum Gasteiger partial charge on any atom is -0.391 e. The van der Waals surface area contributed by atoms with Crippen LogP contribution in [0.4, 0.5) is 0 Å². The lowest BCUT2D eigenvalue weighted by atomic mass is 9.92. The molecule has 3 atom stereocenters. The van der Waals surface area contributed by atoms with Crippen molar-refractivity contribution in [3.63, 3.8) is 0 Å². The molecule has 2 rings (SSSR count). The lowest BCUT2D eigenvalue weighted by Gasteiger charge is -2.27. The van der Waals surface area contributed by atoms with Gasteiger partial charge in [0.1, 0.15) is 0 Å². The number of nitriles is 1. The van der Waals surface area contributed by atoms with Crippen LogP contribution in [-0.2, 0) is 0 Å². The molecule has 1 aliphatic heterocycles. The van der Waals surface area contributed by atoms with E-state index < -0.39 is 0 Å². The van der Waals surface area contributed by atoms with Crippen molar-refractivity contribution in [2.24, 2.45) is 5.41 Å². The normalized spacial score (nSPS) is 44.1. The summed E-state index contributed by atoms with van der Waals surface area (Å²) < 4.78 is 0. The first-order chi connectivity index (χ1) is 6.64. The molecule has 3 unspecified atom stereocenters. The van der Waals surface area contributed by atoms with Crippen LogP contribution in [0.3, 0.4) is 0 Å². The molecule has 0 radical (unpaired) electrons. The van der Waals surface area contributed by atoms with E-state index in [1.807, 2.05) is 6.92 Å². The summed E-state index contributed by atoms with van der Waals surface area (Å²) in [6, 6.07) is 2.71. The van der Waals surface area contributed by atoms with E-state index >= 15 is 0 Å². The van der Waals surface area contributed by atoms with Gasteiger partial charge in [-0.3, -0.25) is 4.90 Å². The van der Waals surface area contributed by atoms with Crippen molar-refractivity contribution in [3.8, 4) is 6.07 Å². The van der Waals surface area contributed by atoms with Crippen LogP contribution in [0.1, 0.15) is 32.6 Å². The molecule has 2 fully saturated rings. The van der Waals surface area contributed by atoms with Crippen LogP contribution in [0.5, 0.6) is 0 Å². The number of aliphatic hydroxyl groups is 1. The molecule has 0 aromatic carbocycles. The van der Waals surface area contributed by atoms with Gasteiger partial charge in [0.25, 0.3) is 0 Å². The zero-order valence-corrected chi connectivity index (χ0v) is 8.74. The standard InChI is InChI=1S/C11H18N2O/c1-11(7-12)5-6-13(8-11)9-3-2-4-10(9)14/h9-10,14H,2-6,8H2,1H3. The average Bonchev–Trinajstić information content (AvgIpc) is 2.73. The summed E-state index contributed by atoms with van der Waals surface area (Å²) in [5.74, 6) is 0. The summed E-state index contributed by atoms with van der Waals surface area (Å²) in [5, 5.41) is 18.8. The molecule has 1 N–H and O–H groups in total. The molecule has 1 heterocycles. The number of likely N-dealkylation sites (tertiary alicyclic amines) is 1. The summed E-state index contributed by atoms with van der Waals surface area (Å²) >= 11 is 0. The van der Waals surface area contributed by atoms with Crippen LogP contribution in [0.2, 0.25) is 0 Å². The van der Waals surface area contributed by atoms with Crippen LogP contribution in [0, 0.1) is 16.7 Å². The Bertz CT molecular complexity index is 261. The number of aliphatic hydroxyl groups excluding tert-OH is 1. The third-order valence-electron chi connectivity index (χ3n) is 3.69. The first kappa shape index (κ1) is 9.95. The zero-order chi connectivity index (χ0) is 10.2. The molecular weight excluding hydrogens is 176 g/mol. The predicted molar refractivity (Wildman–Crippen MR) is 53.6 cm³/mol. The molecule has 2 aliphatic rings. The second kappa shape index (κ2) is 3.52. The fourth-order valence-corrected chi connectivity index (χ4v) is 2.72. The van der Waals surface area contributed by atoms with E-state index in [9.17, 15) is 5.11 Å². The molecule has 1 saturated heterocycles. The van der Waals surface area contributed by atoms with Crippen molar-refractivity contribution in [1.82, 2.24) is 4.90 Å². The maximum Gasteiger partial charge on any atom is 0.0700 e. The Morgan fingerprint density at radius 1 is 1.50 bits per heavy atom. The molecule has 0 aromatic heterocycles. The van der Waals surface area contributed by atoms with Crippen molar-refractivity contribution in [2.75, 3.05) is 13.1 Å². The quantitative estimate of drug-likeness (QED) is 0.681. The Kier molecular flexibility index (Phi) is 2.50. The van der Waals surface area contributed by atoms with Crippen molar-refractivity contribution >= 4 is 0 Å². The predicted octanol–water partition coefficient (Wildman–Crippen LogP) is 1.14. The monoisotopic (exact) mass is 194 g/mol. The first-order valence-corrected chi connectivity index (χ1v) is 5.48. The van der Waals surface area contributed by atoms with Gasteiger partial charge in [0, 0.05) is 19.1 Å². The fourth-order valence-electron chi connectivity index (χ4n) is 2.72. The smallest absolute Gasteiger partial charge is 0.0700 e. The van der Waals surface area contributed by atoms with Gasteiger partial charge >= 0.3 is 0 Å². The third kappa shape index (κ3) is 1.65. The van der Waals surface area contributed by atoms with Crippen LogP contribution in [0.25, 0.3) is 0 Å². The van der Waals surface area contributed by atoms with Gasteiger partial charge in [-0.15, -0.1) is 0 Å². The van der Waals surface area contributed by atoms with E-state index in [0.717, 1.165) is 38.8 Å².